The zero-order chi connectivity index (χ0) is 14.2. The molecular formula is C13H14F3NO2. The zero-order valence-electron chi connectivity index (χ0n) is 10.3. The van der Waals surface area contributed by atoms with Crippen molar-refractivity contribution in [1.29, 1.82) is 0 Å². The molecule has 0 aliphatic heterocycles. The van der Waals surface area contributed by atoms with Crippen LogP contribution in [0, 0.1) is 5.92 Å². The maximum Gasteiger partial charge on any atom is 0.417 e. The average molecular weight is 273 g/mol. The lowest BCUT2D eigenvalue weighted by atomic mass is 10.1. The van der Waals surface area contributed by atoms with Gasteiger partial charge in [0, 0.05) is 11.7 Å². The first-order chi connectivity index (χ1) is 8.79. The first-order valence-electron chi connectivity index (χ1n) is 6.00. The van der Waals surface area contributed by atoms with Crippen LogP contribution >= 0.6 is 0 Å². The van der Waals surface area contributed by atoms with Gasteiger partial charge in [0.2, 0.25) is 0 Å². The molecule has 0 amide bonds. The lowest BCUT2D eigenvalue weighted by molar-refractivity contribution is -0.138. The van der Waals surface area contributed by atoms with Gasteiger partial charge >= 0.3 is 12.1 Å². The molecule has 19 heavy (non-hydrogen) atoms. The van der Waals surface area contributed by atoms with Gasteiger partial charge in [-0.05, 0) is 43.9 Å². The van der Waals surface area contributed by atoms with E-state index in [9.17, 15) is 18.0 Å². The Morgan fingerprint density at radius 1 is 1.42 bits per heavy atom. The van der Waals surface area contributed by atoms with Crippen LogP contribution < -0.4 is 5.32 Å². The van der Waals surface area contributed by atoms with E-state index >= 15 is 0 Å². The van der Waals surface area contributed by atoms with Gasteiger partial charge in [-0.2, -0.15) is 13.2 Å². The Balaban J connectivity index is 2.28. The summed E-state index contributed by atoms with van der Waals surface area (Å²) in [5, 5.41) is 11.9. The highest BCUT2D eigenvalue weighted by molar-refractivity contribution is 5.91. The number of alkyl halides is 3. The molecule has 1 unspecified atom stereocenters. The molecule has 0 heterocycles. The van der Waals surface area contributed by atoms with Crippen molar-refractivity contribution < 1.29 is 23.1 Å². The lowest BCUT2D eigenvalue weighted by Gasteiger charge is -2.16. The Labute approximate surface area is 108 Å². The molecule has 1 fully saturated rings. The average Bonchev–Trinajstić information content (AvgIpc) is 3.10. The summed E-state index contributed by atoms with van der Waals surface area (Å²) < 4.78 is 38.0. The molecule has 6 heteroatoms. The third-order valence-electron chi connectivity index (χ3n) is 3.28. The second kappa shape index (κ2) is 4.75. The van der Waals surface area contributed by atoms with Gasteiger partial charge in [0.15, 0.2) is 0 Å². The second-order valence-corrected chi connectivity index (χ2v) is 4.83. The van der Waals surface area contributed by atoms with E-state index in [0.29, 0.717) is 11.6 Å². The van der Waals surface area contributed by atoms with E-state index in [2.05, 4.69) is 5.32 Å². The van der Waals surface area contributed by atoms with Crippen LogP contribution in [0.4, 0.5) is 18.9 Å². The fourth-order valence-electron chi connectivity index (χ4n) is 2.04. The van der Waals surface area contributed by atoms with Gasteiger partial charge in [0.25, 0.3) is 0 Å². The van der Waals surface area contributed by atoms with Crippen molar-refractivity contribution >= 4 is 11.7 Å². The summed E-state index contributed by atoms with van der Waals surface area (Å²) in [6, 6.07) is 3.27. The molecule has 104 valence electrons. The van der Waals surface area contributed by atoms with Crippen LogP contribution in [0.1, 0.15) is 35.7 Å². The highest BCUT2D eigenvalue weighted by Crippen LogP contribution is 2.36. The summed E-state index contributed by atoms with van der Waals surface area (Å²) in [5.41, 5.74) is -1.44. The summed E-state index contributed by atoms with van der Waals surface area (Å²) in [7, 11) is 0. The van der Waals surface area contributed by atoms with Gasteiger partial charge in [0.1, 0.15) is 0 Å². The smallest absolute Gasteiger partial charge is 0.417 e. The van der Waals surface area contributed by atoms with E-state index in [0.717, 1.165) is 25.0 Å². The van der Waals surface area contributed by atoms with E-state index in [1.807, 2.05) is 6.92 Å². The van der Waals surface area contributed by atoms with Crippen molar-refractivity contribution in [1.82, 2.24) is 0 Å². The topological polar surface area (TPSA) is 49.3 Å². The Hall–Kier alpha value is -1.72. The number of rotatable bonds is 4. The zero-order valence-corrected chi connectivity index (χ0v) is 10.3. The van der Waals surface area contributed by atoms with Crippen molar-refractivity contribution in [2.75, 3.05) is 5.32 Å². The lowest BCUT2D eigenvalue weighted by Crippen LogP contribution is -2.19. The number of hydrogen-bond acceptors (Lipinski definition) is 2. The summed E-state index contributed by atoms with van der Waals surface area (Å²) in [4.78, 5) is 10.9. The highest BCUT2D eigenvalue weighted by atomic mass is 19.4. The van der Waals surface area contributed by atoms with E-state index in [1.165, 1.54) is 6.07 Å². The number of nitrogens with one attached hydrogen (secondary N) is 1. The van der Waals surface area contributed by atoms with Gasteiger partial charge in [-0.3, -0.25) is 0 Å². The van der Waals surface area contributed by atoms with Gasteiger partial charge in [-0.15, -0.1) is 0 Å². The predicted octanol–water partition coefficient (Wildman–Crippen LogP) is 3.61. The molecule has 1 aromatic rings. The van der Waals surface area contributed by atoms with Crippen LogP contribution in [0.5, 0.6) is 0 Å². The predicted molar refractivity (Wildman–Crippen MR) is 64.2 cm³/mol. The molecule has 0 spiro atoms. The molecule has 0 aromatic heterocycles. The molecule has 2 N–H and O–H groups in total. The first kappa shape index (κ1) is 13.7. The fourth-order valence-corrected chi connectivity index (χ4v) is 2.04. The Morgan fingerprint density at radius 2 is 2.05 bits per heavy atom. The minimum atomic E-state index is -4.66. The maximum atomic E-state index is 12.7. The number of carboxylic acid groups (broad SMARTS) is 1. The number of hydrogen-bond donors (Lipinski definition) is 2. The number of carboxylic acids is 1. The Bertz CT molecular complexity index is 495. The van der Waals surface area contributed by atoms with E-state index < -0.39 is 23.3 Å². The summed E-state index contributed by atoms with van der Waals surface area (Å²) >= 11 is 0. The van der Waals surface area contributed by atoms with Gasteiger partial charge < -0.3 is 10.4 Å². The van der Waals surface area contributed by atoms with Crippen LogP contribution in [0.15, 0.2) is 18.2 Å². The maximum absolute atomic E-state index is 12.7. The van der Waals surface area contributed by atoms with Crippen LogP contribution in [-0.2, 0) is 6.18 Å². The highest BCUT2D eigenvalue weighted by Gasteiger charge is 2.35. The largest absolute Gasteiger partial charge is 0.478 e. The summed E-state index contributed by atoms with van der Waals surface area (Å²) in [6.45, 7) is 1.94. The first-order valence-corrected chi connectivity index (χ1v) is 6.00. The summed E-state index contributed by atoms with van der Waals surface area (Å²) in [5.74, 6) is -1.05. The van der Waals surface area contributed by atoms with Crippen LogP contribution in [-0.4, -0.2) is 17.1 Å². The molecule has 1 saturated carbocycles. The van der Waals surface area contributed by atoms with Gasteiger partial charge in [0.05, 0.1) is 11.1 Å². The molecule has 2 rings (SSSR count). The molecule has 0 radical (unpaired) electrons. The van der Waals surface area contributed by atoms with Crippen LogP contribution in [0.3, 0.4) is 0 Å². The molecule has 1 aliphatic rings. The monoisotopic (exact) mass is 273 g/mol. The molecule has 3 nitrogen and oxygen atoms in total. The molecule has 1 aromatic carbocycles. The van der Waals surface area contributed by atoms with Gasteiger partial charge in [-0.1, -0.05) is 0 Å². The third kappa shape index (κ3) is 3.19. The van der Waals surface area contributed by atoms with Crippen molar-refractivity contribution in [2.24, 2.45) is 5.92 Å². The normalized spacial score (nSPS) is 17.1. The van der Waals surface area contributed by atoms with Crippen molar-refractivity contribution in [3.05, 3.63) is 29.3 Å². The molecule has 1 aliphatic carbocycles. The number of carbonyl (C=O) groups is 1. The van der Waals surface area contributed by atoms with E-state index in [1.54, 1.807) is 0 Å². The van der Waals surface area contributed by atoms with Crippen LogP contribution in [0.25, 0.3) is 0 Å². The quantitative estimate of drug-likeness (QED) is 0.881. The summed E-state index contributed by atoms with van der Waals surface area (Å²) in [6.07, 6.45) is -2.46. The number of halogens is 3. The SMILES string of the molecule is CC(Nc1ccc(C(F)(F)F)c(C(=O)O)c1)C1CC1. The van der Waals surface area contributed by atoms with E-state index in [-0.39, 0.29) is 6.04 Å². The third-order valence-corrected chi connectivity index (χ3v) is 3.28. The minimum absolute atomic E-state index is 0.137. The van der Waals surface area contributed by atoms with Crippen molar-refractivity contribution in [3.8, 4) is 0 Å². The molecule has 1 atom stereocenters. The standard InChI is InChI=1S/C13H14F3NO2/c1-7(8-2-3-8)17-9-4-5-11(13(14,15)16)10(6-9)12(18)19/h4-8,17H,2-3H2,1H3,(H,18,19). The Morgan fingerprint density at radius 3 is 2.53 bits per heavy atom. The molecule has 0 bridgehead atoms. The van der Waals surface area contributed by atoms with Gasteiger partial charge in [-0.25, -0.2) is 4.79 Å². The Kier molecular flexibility index (Phi) is 3.43. The fraction of sp³-hybridized carbons (Fsp3) is 0.462. The van der Waals surface area contributed by atoms with E-state index in [4.69, 9.17) is 5.11 Å². The number of benzene rings is 1. The molecular weight excluding hydrogens is 259 g/mol. The van der Waals surface area contributed by atoms with Crippen molar-refractivity contribution in [3.63, 3.8) is 0 Å². The van der Waals surface area contributed by atoms with Crippen LogP contribution in [0.2, 0.25) is 0 Å². The molecule has 0 saturated heterocycles. The minimum Gasteiger partial charge on any atom is -0.478 e. The second-order valence-electron chi connectivity index (χ2n) is 4.83. The van der Waals surface area contributed by atoms with Crippen molar-refractivity contribution in [2.45, 2.75) is 32.0 Å². The number of aromatic carboxylic acids is 1. The number of anilines is 1.